The first-order chi connectivity index (χ1) is 11.0. The summed E-state index contributed by atoms with van der Waals surface area (Å²) >= 11 is 0. The minimum atomic E-state index is 0.303. The lowest BCUT2D eigenvalue weighted by Crippen LogP contribution is -2.54. The summed E-state index contributed by atoms with van der Waals surface area (Å²) in [5.41, 5.74) is 4.07. The lowest BCUT2D eigenvalue weighted by Gasteiger charge is -2.58. The fraction of sp³-hybridized carbons (Fsp3) is 0.450. The maximum atomic E-state index is 13.1. The molecule has 0 radical (unpaired) electrons. The molecule has 1 saturated carbocycles. The average Bonchev–Trinajstić information content (AvgIpc) is 2.54. The van der Waals surface area contributed by atoms with E-state index in [1.807, 2.05) is 30.3 Å². The monoisotopic (exact) mass is 309 g/mol. The van der Waals surface area contributed by atoms with Crippen LogP contribution in [0.3, 0.4) is 0 Å². The smallest absolute Gasteiger partial charge is 0.227 e. The van der Waals surface area contributed by atoms with Gasteiger partial charge in [-0.3, -0.25) is 0 Å². The fourth-order valence-electron chi connectivity index (χ4n) is 4.89. The molecule has 1 fully saturated rings. The third-order valence-corrected chi connectivity index (χ3v) is 6.29. The molecule has 0 N–H and O–H groups in total. The third kappa shape index (κ3) is 1.79. The molecule has 0 aliphatic heterocycles. The molecule has 3 heteroatoms. The molecule has 3 aliphatic carbocycles. The Kier molecular flexibility index (Phi) is 2.99. The van der Waals surface area contributed by atoms with Crippen molar-refractivity contribution in [3.05, 3.63) is 52.9 Å². The van der Waals surface area contributed by atoms with Gasteiger partial charge in [-0.05, 0) is 41.9 Å². The Labute approximate surface area is 137 Å². The Morgan fingerprint density at radius 1 is 1.17 bits per heavy atom. The number of hydrogen-bond donors (Lipinski definition) is 0. The van der Waals surface area contributed by atoms with Gasteiger partial charge in [0.2, 0.25) is 5.69 Å². The van der Waals surface area contributed by atoms with Crippen molar-refractivity contribution in [2.24, 2.45) is 11.3 Å². The van der Waals surface area contributed by atoms with Gasteiger partial charge in [-0.2, -0.15) is 4.73 Å². The zero-order valence-electron chi connectivity index (χ0n) is 14.2. The van der Waals surface area contributed by atoms with Crippen molar-refractivity contribution >= 4 is 0 Å². The lowest BCUT2D eigenvalue weighted by atomic mass is 9.45. The molecule has 1 aromatic carbocycles. The highest BCUT2D eigenvalue weighted by molar-refractivity contribution is 5.65. The van der Waals surface area contributed by atoms with E-state index in [0.717, 1.165) is 21.7 Å². The second kappa shape index (κ2) is 4.73. The van der Waals surface area contributed by atoms with Crippen molar-refractivity contribution in [2.75, 3.05) is 7.11 Å². The summed E-state index contributed by atoms with van der Waals surface area (Å²) < 4.78 is 6.60. The van der Waals surface area contributed by atoms with E-state index in [9.17, 15) is 5.21 Å². The summed E-state index contributed by atoms with van der Waals surface area (Å²) in [7, 11) is 1.65. The van der Waals surface area contributed by atoms with E-state index < -0.39 is 0 Å². The van der Waals surface area contributed by atoms with Gasteiger partial charge >= 0.3 is 0 Å². The highest BCUT2D eigenvalue weighted by Crippen LogP contribution is 2.65. The van der Waals surface area contributed by atoms with Gasteiger partial charge in [0.25, 0.3) is 0 Å². The molecule has 3 atom stereocenters. The molecular formula is C20H23NO2. The summed E-state index contributed by atoms with van der Waals surface area (Å²) in [4.78, 5) is 0. The van der Waals surface area contributed by atoms with Crippen molar-refractivity contribution in [1.82, 2.24) is 0 Å². The van der Waals surface area contributed by atoms with Crippen molar-refractivity contribution in [3.8, 4) is 17.0 Å². The first-order valence-corrected chi connectivity index (χ1v) is 8.36. The van der Waals surface area contributed by atoms with Crippen LogP contribution in [-0.2, 0) is 0 Å². The van der Waals surface area contributed by atoms with E-state index >= 15 is 0 Å². The highest BCUT2D eigenvalue weighted by Gasteiger charge is 2.58. The molecular weight excluding hydrogens is 286 g/mol. The summed E-state index contributed by atoms with van der Waals surface area (Å²) in [6, 6.07) is 11.9. The van der Waals surface area contributed by atoms with Crippen LogP contribution >= 0.6 is 0 Å². The largest absolute Gasteiger partial charge is 0.618 e. The third-order valence-electron chi connectivity index (χ3n) is 6.29. The Bertz CT molecular complexity index is 781. The molecule has 3 aliphatic rings. The summed E-state index contributed by atoms with van der Waals surface area (Å²) in [6.07, 6.45) is 1.22. The number of benzene rings is 1. The van der Waals surface area contributed by atoms with Gasteiger partial charge in [0.05, 0.1) is 12.7 Å². The quantitative estimate of drug-likeness (QED) is 0.614. The van der Waals surface area contributed by atoms with Crippen LogP contribution in [0.15, 0.2) is 36.4 Å². The second-order valence-electron chi connectivity index (χ2n) is 7.56. The first kappa shape index (κ1) is 14.6. The minimum Gasteiger partial charge on any atom is -0.618 e. The molecule has 23 heavy (non-hydrogen) atoms. The standard InChI is InChI=1S/C20H23NO2/c1-12-15-11-16(20(15,2)3)13-9-10-17(21(22)19(12)13)14-7-5-6-8-18(14)23-4/h5-10,12,15-16H,11H2,1-4H3/t12-,15+,16-/m1/s1. The zero-order valence-corrected chi connectivity index (χ0v) is 14.2. The van der Waals surface area contributed by atoms with Gasteiger partial charge in [-0.25, -0.2) is 0 Å². The Hall–Kier alpha value is -2.03. The first-order valence-electron chi connectivity index (χ1n) is 8.36. The molecule has 3 nitrogen and oxygen atoms in total. The van der Waals surface area contributed by atoms with E-state index in [4.69, 9.17) is 4.74 Å². The molecule has 0 amide bonds. The Balaban J connectivity index is 1.90. The molecule has 2 aromatic rings. The van der Waals surface area contributed by atoms with Crippen LogP contribution in [0, 0.1) is 16.5 Å². The SMILES string of the molecule is COc1ccccc1-c1ccc2c([n+]1[O-])[C@H](C)[C@@H]1C[C@H]2C1(C)C. The topological polar surface area (TPSA) is 36.2 Å². The zero-order chi connectivity index (χ0) is 16.4. The van der Waals surface area contributed by atoms with Crippen molar-refractivity contribution in [3.63, 3.8) is 0 Å². The normalized spacial score (nSPS) is 27.0. The van der Waals surface area contributed by atoms with E-state index in [1.54, 1.807) is 7.11 Å². The van der Waals surface area contributed by atoms with Gasteiger partial charge in [0.1, 0.15) is 5.75 Å². The van der Waals surface area contributed by atoms with Crippen LogP contribution in [-0.4, -0.2) is 7.11 Å². The lowest BCUT2D eigenvalue weighted by molar-refractivity contribution is -0.607. The summed E-state index contributed by atoms with van der Waals surface area (Å²) in [6.45, 7) is 6.89. The molecule has 120 valence electrons. The van der Waals surface area contributed by atoms with Crippen LogP contribution in [0.5, 0.6) is 5.75 Å². The van der Waals surface area contributed by atoms with Crippen molar-refractivity contribution in [1.29, 1.82) is 0 Å². The molecule has 0 saturated heterocycles. The van der Waals surface area contributed by atoms with Crippen LogP contribution in [0.25, 0.3) is 11.3 Å². The van der Waals surface area contributed by atoms with Gasteiger partial charge in [-0.15, -0.1) is 0 Å². The Morgan fingerprint density at radius 3 is 2.61 bits per heavy atom. The average molecular weight is 309 g/mol. The molecule has 0 spiro atoms. The van der Waals surface area contributed by atoms with Crippen molar-refractivity contribution < 1.29 is 9.47 Å². The number of methoxy groups -OCH3 is 1. The van der Waals surface area contributed by atoms with Crippen LogP contribution in [0.1, 0.15) is 50.3 Å². The van der Waals surface area contributed by atoms with E-state index in [1.165, 1.54) is 12.0 Å². The van der Waals surface area contributed by atoms with Crippen LogP contribution in [0.2, 0.25) is 0 Å². The molecule has 0 unspecified atom stereocenters. The van der Waals surface area contributed by atoms with E-state index in [-0.39, 0.29) is 0 Å². The number of ether oxygens (including phenoxy) is 1. The van der Waals surface area contributed by atoms with Gasteiger partial charge < -0.3 is 9.94 Å². The number of pyridine rings is 1. The van der Waals surface area contributed by atoms with E-state index in [0.29, 0.717) is 28.9 Å². The minimum absolute atomic E-state index is 0.303. The van der Waals surface area contributed by atoms with Gasteiger partial charge in [-0.1, -0.05) is 32.9 Å². The molecule has 2 bridgehead atoms. The van der Waals surface area contributed by atoms with E-state index in [2.05, 4.69) is 26.8 Å². The van der Waals surface area contributed by atoms with Gasteiger partial charge in [0, 0.05) is 17.5 Å². The Morgan fingerprint density at radius 2 is 1.91 bits per heavy atom. The maximum Gasteiger partial charge on any atom is 0.227 e. The van der Waals surface area contributed by atoms with Gasteiger partial charge in [0.15, 0.2) is 5.69 Å². The fourth-order valence-corrected chi connectivity index (χ4v) is 4.89. The number of nitrogens with zero attached hydrogens (tertiary/aromatic N) is 1. The van der Waals surface area contributed by atoms with Crippen molar-refractivity contribution in [2.45, 2.75) is 39.0 Å². The number of para-hydroxylation sites is 1. The number of aromatic nitrogens is 1. The molecule has 5 rings (SSSR count). The maximum absolute atomic E-state index is 13.1. The van der Waals surface area contributed by atoms with Crippen LogP contribution in [0.4, 0.5) is 0 Å². The predicted molar refractivity (Wildman–Crippen MR) is 90.4 cm³/mol. The number of rotatable bonds is 2. The van der Waals surface area contributed by atoms with Crippen LogP contribution < -0.4 is 9.47 Å². The molecule has 1 heterocycles. The summed E-state index contributed by atoms with van der Waals surface area (Å²) in [5, 5.41) is 13.1. The highest BCUT2D eigenvalue weighted by atomic mass is 16.5. The predicted octanol–water partition coefficient (Wildman–Crippen LogP) is 4.24. The molecule has 1 aromatic heterocycles. The number of hydrogen-bond acceptors (Lipinski definition) is 2. The second-order valence-corrected chi connectivity index (χ2v) is 7.56. The summed E-state index contributed by atoms with van der Waals surface area (Å²) in [5.74, 6) is 2.17.